The lowest BCUT2D eigenvalue weighted by atomic mass is 9.80. The molecule has 2 fully saturated rings. The van der Waals surface area contributed by atoms with Gasteiger partial charge in [-0.05, 0) is 67.6 Å². The highest BCUT2D eigenvalue weighted by Gasteiger charge is 2.43. The van der Waals surface area contributed by atoms with Gasteiger partial charge in [0.15, 0.2) is 0 Å². The van der Waals surface area contributed by atoms with E-state index in [1.165, 1.54) is 42.4 Å². The summed E-state index contributed by atoms with van der Waals surface area (Å²) in [7, 11) is 0. The highest BCUT2D eigenvalue weighted by Crippen LogP contribution is 2.53. The summed E-state index contributed by atoms with van der Waals surface area (Å²) in [5, 5.41) is 10.7. The van der Waals surface area contributed by atoms with Crippen LogP contribution in [0.15, 0.2) is 18.2 Å². The van der Waals surface area contributed by atoms with Crippen molar-refractivity contribution in [3.8, 4) is 0 Å². The van der Waals surface area contributed by atoms with Crippen LogP contribution in [0.5, 0.6) is 0 Å². The third-order valence-corrected chi connectivity index (χ3v) is 5.04. The standard InChI is InChI=1S/C16H22O/c1-10-4-3-5-11(2)15(10)16(17)14-9-12-6-7-13(14)8-12/h3-5,12-14,16-17H,6-9H2,1-2H3/t12?,13?,14?,16-/m0/s1. The summed E-state index contributed by atoms with van der Waals surface area (Å²) in [5.41, 5.74) is 3.70. The Morgan fingerprint density at radius 2 is 1.82 bits per heavy atom. The Hall–Kier alpha value is -0.820. The van der Waals surface area contributed by atoms with E-state index in [0.717, 1.165) is 11.8 Å². The first kappa shape index (κ1) is 11.3. The van der Waals surface area contributed by atoms with Crippen molar-refractivity contribution in [2.45, 2.75) is 45.6 Å². The molecule has 0 aromatic heterocycles. The summed E-state index contributed by atoms with van der Waals surface area (Å²) < 4.78 is 0. The molecule has 1 N–H and O–H groups in total. The fraction of sp³-hybridized carbons (Fsp3) is 0.625. The van der Waals surface area contributed by atoms with E-state index < -0.39 is 0 Å². The van der Waals surface area contributed by atoms with Gasteiger partial charge in [-0.15, -0.1) is 0 Å². The van der Waals surface area contributed by atoms with E-state index in [-0.39, 0.29) is 6.10 Å². The van der Waals surface area contributed by atoms with Crippen molar-refractivity contribution < 1.29 is 5.11 Å². The number of aliphatic hydroxyl groups excluding tert-OH is 1. The second kappa shape index (κ2) is 4.13. The van der Waals surface area contributed by atoms with Crippen LogP contribution in [-0.4, -0.2) is 5.11 Å². The van der Waals surface area contributed by atoms with Gasteiger partial charge in [0.1, 0.15) is 0 Å². The highest BCUT2D eigenvalue weighted by atomic mass is 16.3. The molecular formula is C16H22O. The van der Waals surface area contributed by atoms with Gasteiger partial charge in [0.25, 0.3) is 0 Å². The molecule has 1 aromatic carbocycles. The van der Waals surface area contributed by atoms with Crippen LogP contribution >= 0.6 is 0 Å². The maximum Gasteiger partial charge on any atom is 0.0826 e. The molecule has 2 aliphatic rings. The van der Waals surface area contributed by atoms with Crippen LogP contribution < -0.4 is 0 Å². The van der Waals surface area contributed by atoms with E-state index in [9.17, 15) is 5.11 Å². The zero-order valence-corrected chi connectivity index (χ0v) is 10.8. The maximum absolute atomic E-state index is 10.7. The van der Waals surface area contributed by atoms with Gasteiger partial charge in [0.05, 0.1) is 6.10 Å². The lowest BCUT2D eigenvalue weighted by molar-refractivity contribution is 0.0735. The van der Waals surface area contributed by atoms with Crippen molar-refractivity contribution in [2.75, 3.05) is 0 Å². The maximum atomic E-state index is 10.7. The highest BCUT2D eigenvalue weighted by molar-refractivity contribution is 5.36. The Balaban J connectivity index is 1.89. The SMILES string of the molecule is Cc1cccc(C)c1[C@@H](O)C1CC2CCC1C2. The van der Waals surface area contributed by atoms with E-state index in [1.54, 1.807) is 0 Å². The van der Waals surface area contributed by atoms with Crippen molar-refractivity contribution in [3.63, 3.8) is 0 Å². The summed E-state index contributed by atoms with van der Waals surface area (Å²) in [6, 6.07) is 6.33. The molecule has 1 heteroatoms. The average Bonchev–Trinajstić information content (AvgIpc) is 2.90. The molecule has 17 heavy (non-hydrogen) atoms. The third kappa shape index (κ3) is 1.81. The Labute approximate surface area is 104 Å². The van der Waals surface area contributed by atoms with Crippen LogP contribution in [0.3, 0.4) is 0 Å². The minimum atomic E-state index is -0.230. The van der Waals surface area contributed by atoms with E-state index >= 15 is 0 Å². The van der Waals surface area contributed by atoms with Crippen molar-refractivity contribution in [1.82, 2.24) is 0 Å². The number of aryl methyl sites for hydroxylation is 2. The molecule has 2 saturated carbocycles. The van der Waals surface area contributed by atoms with Gasteiger partial charge in [-0.2, -0.15) is 0 Å². The molecule has 2 bridgehead atoms. The Morgan fingerprint density at radius 1 is 1.12 bits per heavy atom. The summed E-state index contributed by atoms with van der Waals surface area (Å²) in [6.45, 7) is 4.25. The van der Waals surface area contributed by atoms with Crippen LogP contribution in [0.2, 0.25) is 0 Å². The van der Waals surface area contributed by atoms with E-state index in [0.29, 0.717) is 5.92 Å². The molecule has 3 rings (SSSR count). The van der Waals surface area contributed by atoms with Gasteiger partial charge in [0, 0.05) is 0 Å². The fourth-order valence-electron chi connectivity index (χ4n) is 4.19. The molecule has 0 radical (unpaired) electrons. The van der Waals surface area contributed by atoms with Crippen LogP contribution in [-0.2, 0) is 0 Å². The second-order valence-corrected chi connectivity index (χ2v) is 6.09. The van der Waals surface area contributed by atoms with Crippen molar-refractivity contribution in [2.24, 2.45) is 17.8 Å². The van der Waals surface area contributed by atoms with Crippen LogP contribution in [0.1, 0.15) is 48.5 Å². The lowest BCUT2D eigenvalue weighted by Crippen LogP contribution is -2.20. The topological polar surface area (TPSA) is 20.2 Å². The van der Waals surface area contributed by atoms with Gasteiger partial charge < -0.3 is 5.11 Å². The lowest BCUT2D eigenvalue weighted by Gasteiger charge is -2.29. The molecule has 0 aliphatic heterocycles. The molecule has 2 aliphatic carbocycles. The number of hydrogen-bond donors (Lipinski definition) is 1. The summed E-state index contributed by atoms with van der Waals surface area (Å²) in [4.78, 5) is 0. The third-order valence-electron chi connectivity index (χ3n) is 5.04. The molecule has 1 aromatic rings. The molecular weight excluding hydrogens is 208 g/mol. The largest absolute Gasteiger partial charge is 0.388 e. The molecule has 0 saturated heterocycles. The Morgan fingerprint density at radius 3 is 2.35 bits per heavy atom. The molecule has 92 valence electrons. The first-order chi connectivity index (χ1) is 8.16. The Kier molecular flexibility index (Phi) is 2.74. The van der Waals surface area contributed by atoms with Crippen molar-refractivity contribution >= 4 is 0 Å². The van der Waals surface area contributed by atoms with Gasteiger partial charge in [0.2, 0.25) is 0 Å². The van der Waals surface area contributed by atoms with E-state index in [2.05, 4.69) is 32.0 Å². The predicted molar refractivity (Wildman–Crippen MR) is 69.8 cm³/mol. The molecule has 3 unspecified atom stereocenters. The summed E-state index contributed by atoms with van der Waals surface area (Å²) in [5.74, 6) is 2.21. The second-order valence-electron chi connectivity index (χ2n) is 6.09. The predicted octanol–water partition coefficient (Wildman–Crippen LogP) is 3.77. The first-order valence-corrected chi connectivity index (χ1v) is 6.91. The molecule has 0 amide bonds. The number of rotatable bonds is 2. The fourth-order valence-corrected chi connectivity index (χ4v) is 4.19. The molecule has 0 spiro atoms. The van der Waals surface area contributed by atoms with Gasteiger partial charge >= 0.3 is 0 Å². The molecule has 4 atom stereocenters. The summed E-state index contributed by atoms with van der Waals surface area (Å²) >= 11 is 0. The van der Waals surface area contributed by atoms with Gasteiger partial charge in [-0.25, -0.2) is 0 Å². The monoisotopic (exact) mass is 230 g/mol. The minimum absolute atomic E-state index is 0.230. The van der Waals surface area contributed by atoms with Crippen LogP contribution in [0, 0.1) is 31.6 Å². The number of hydrogen-bond acceptors (Lipinski definition) is 1. The first-order valence-electron chi connectivity index (χ1n) is 6.91. The van der Waals surface area contributed by atoms with E-state index in [1.807, 2.05) is 0 Å². The van der Waals surface area contributed by atoms with Gasteiger partial charge in [-0.3, -0.25) is 0 Å². The number of aliphatic hydroxyl groups is 1. The Bertz CT molecular complexity index is 403. The van der Waals surface area contributed by atoms with Crippen LogP contribution in [0.25, 0.3) is 0 Å². The van der Waals surface area contributed by atoms with Crippen LogP contribution in [0.4, 0.5) is 0 Å². The van der Waals surface area contributed by atoms with Gasteiger partial charge in [-0.1, -0.05) is 24.6 Å². The normalized spacial score (nSPS) is 33.0. The minimum Gasteiger partial charge on any atom is -0.388 e. The quantitative estimate of drug-likeness (QED) is 0.820. The zero-order chi connectivity index (χ0) is 12.0. The van der Waals surface area contributed by atoms with Crippen molar-refractivity contribution in [1.29, 1.82) is 0 Å². The zero-order valence-electron chi connectivity index (χ0n) is 10.8. The smallest absolute Gasteiger partial charge is 0.0826 e. The average molecular weight is 230 g/mol. The van der Waals surface area contributed by atoms with E-state index in [4.69, 9.17) is 0 Å². The van der Waals surface area contributed by atoms with Crippen molar-refractivity contribution in [3.05, 3.63) is 34.9 Å². The molecule has 1 nitrogen and oxygen atoms in total. The summed E-state index contributed by atoms with van der Waals surface area (Å²) in [6.07, 6.45) is 5.14. The number of benzene rings is 1. The number of fused-ring (bicyclic) bond motifs is 2. The molecule has 0 heterocycles.